The quantitative estimate of drug-likeness (QED) is 0.600. The molecule has 0 aromatic heterocycles. The van der Waals surface area contributed by atoms with E-state index in [9.17, 15) is 9.59 Å². The van der Waals surface area contributed by atoms with Gasteiger partial charge in [-0.1, -0.05) is 62.4 Å². The lowest BCUT2D eigenvalue weighted by atomic mass is 10.1. The minimum atomic E-state index is -0.474. The van der Waals surface area contributed by atoms with E-state index in [4.69, 9.17) is 0 Å². The van der Waals surface area contributed by atoms with Crippen molar-refractivity contribution in [2.75, 3.05) is 5.75 Å². The van der Waals surface area contributed by atoms with Gasteiger partial charge in [0.05, 0.1) is 5.75 Å². The van der Waals surface area contributed by atoms with Gasteiger partial charge in [0, 0.05) is 17.5 Å². The first-order valence-corrected chi connectivity index (χ1v) is 10.8. The topological polar surface area (TPSA) is 49.4 Å². The van der Waals surface area contributed by atoms with E-state index in [1.165, 1.54) is 11.8 Å². The predicted octanol–water partition coefficient (Wildman–Crippen LogP) is 4.50. The first-order valence-electron chi connectivity index (χ1n) is 9.86. The van der Waals surface area contributed by atoms with Crippen LogP contribution in [0.4, 0.5) is 0 Å². The van der Waals surface area contributed by atoms with Crippen LogP contribution in [0.2, 0.25) is 0 Å². The van der Waals surface area contributed by atoms with Gasteiger partial charge in [0.2, 0.25) is 11.8 Å². The molecule has 2 atom stereocenters. The second-order valence-corrected chi connectivity index (χ2v) is 7.90. The first-order chi connectivity index (χ1) is 13.5. The molecule has 0 spiro atoms. The number of hydrogen-bond acceptors (Lipinski definition) is 3. The molecule has 0 radical (unpaired) electrons. The molecule has 0 aliphatic rings. The molecule has 0 heterocycles. The van der Waals surface area contributed by atoms with Crippen LogP contribution in [0.25, 0.3) is 0 Å². The normalized spacial score (nSPS) is 12.8. The smallest absolute Gasteiger partial charge is 0.243 e. The molecule has 0 unspecified atom stereocenters. The molecule has 2 rings (SSSR count). The molecule has 28 heavy (non-hydrogen) atoms. The molecule has 5 heteroatoms. The maximum atomic E-state index is 13.1. The predicted molar refractivity (Wildman–Crippen MR) is 116 cm³/mol. The fraction of sp³-hybridized carbons (Fsp3) is 0.391. The Balaban J connectivity index is 2.16. The molecular formula is C23H30N2O2S. The molecule has 1 N–H and O–H groups in total. The van der Waals surface area contributed by atoms with Gasteiger partial charge < -0.3 is 10.2 Å². The zero-order valence-corrected chi connectivity index (χ0v) is 17.7. The minimum absolute atomic E-state index is 0.0242. The van der Waals surface area contributed by atoms with Crippen molar-refractivity contribution in [3.63, 3.8) is 0 Å². The fourth-order valence-electron chi connectivity index (χ4n) is 2.89. The highest BCUT2D eigenvalue weighted by atomic mass is 32.2. The maximum absolute atomic E-state index is 13.1. The fourth-order valence-corrected chi connectivity index (χ4v) is 3.69. The Hall–Kier alpha value is -2.27. The molecule has 0 bridgehead atoms. The highest BCUT2D eigenvalue weighted by Crippen LogP contribution is 2.20. The number of benzene rings is 2. The number of hydrogen-bond donors (Lipinski definition) is 1. The SMILES string of the molecule is CC[C@@H](C)NC(=O)[C@@H](CC)N(Cc1ccccc1)C(=O)CSc1ccccc1. The van der Waals surface area contributed by atoms with Crippen LogP contribution in [0.3, 0.4) is 0 Å². The molecule has 0 fully saturated rings. The lowest BCUT2D eigenvalue weighted by molar-refractivity contribution is -0.139. The Bertz CT molecular complexity index is 737. The molecule has 0 saturated heterocycles. The number of nitrogens with one attached hydrogen (secondary N) is 1. The van der Waals surface area contributed by atoms with Crippen LogP contribution in [0, 0.1) is 0 Å². The van der Waals surface area contributed by atoms with Gasteiger partial charge in [0.15, 0.2) is 0 Å². The van der Waals surface area contributed by atoms with E-state index in [0.717, 1.165) is 16.9 Å². The zero-order valence-electron chi connectivity index (χ0n) is 16.9. The van der Waals surface area contributed by atoms with Crippen molar-refractivity contribution < 1.29 is 9.59 Å². The summed E-state index contributed by atoms with van der Waals surface area (Å²) in [5.74, 6) is 0.207. The molecule has 0 aliphatic heterocycles. The van der Waals surface area contributed by atoms with Crippen molar-refractivity contribution in [2.24, 2.45) is 0 Å². The molecule has 2 aromatic carbocycles. The Labute approximate surface area is 172 Å². The second kappa shape index (κ2) is 11.5. The van der Waals surface area contributed by atoms with Crippen LogP contribution in [0.5, 0.6) is 0 Å². The van der Waals surface area contributed by atoms with Crippen molar-refractivity contribution in [1.29, 1.82) is 0 Å². The van der Waals surface area contributed by atoms with Crippen molar-refractivity contribution >= 4 is 23.6 Å². The number of carbonyl (C=O) groups excluding carboxylic acids is 2. The average molecular weight is 399 g/mol. The third-order valence-electron chi connectivity index (χ3n) is 4.69. The summed E-state index contributed by atoms with van der Waals surface area (Å²) in [4.78, 5) is 28.7. The van der Waals surface area contributed by atoms with Crippen LogP contribution in [0.15, 0.2) is 65.6 Å². The van der Waals surface area contributed by atoms with Crippen molar-refractivity contribution in [1.82, 2.24) is 10.2 Å². The van der Waals surface area contributed by atoms with E-state index in [1.54, 1.807) is 4.90 Å². The summed E-state index contributed by atoms with van der Waals surface area (Å²) in [5.41, 5.74) is 1.02. The van der Waals surface area contributed by atoms with Gasteiger partial charge in [-0.15, -0.1) is 11.8 Å². The highest BCUT2D eigenvalue weighted by Gasteiger charge is 2.29. The Kier molecular flexibility index (Phi) is 9.08. The van der Waals surface area contributed by atoms with Crippen LogP contribution < -0.4 is 5.32 Å². The summed E-state index contributed by atoms with van der Waals surface area (Å²) in [5, 5.41) is 3.04. The van der Waals surface area contributed by atoms with Gasteiger partial charge in [0.1, 0.15) is 6.04 Å². The molecule has 4 nitrogen and oxygen atoms in total. The number of carbonyl (C=O) groups is 2. The van der Waals surface area contributed by atoms with Gasteiger partial charge in [-0.3, -0.25) is 9.59 Å². The third kappa shape index (κ3) is 6.71. The Morgan fingerprint density at radius 1 is 0.964 bits per heavy atom. The maximum Gasteiger partial charge on any atom is 0.243 e. The molecule has 0 saturated carbocycles. The highest BCUT2D eigenvalue weighted by molar-refractivity contribution is 8.00. The van der Waals surface area contributed by atoms with Crippen LogP contribution >= 0.6 is 11.8 Å². The lowest BCUT2D eigenvalue weighted by Crippen LogP contribution is -2.51. The molecule has 150 valence electrons. The Morgan fingerprint density at radius 3 is 2.14 bits per heavy atom. The van der Waals surface area contributed by atoms with Crippen LogP contribution in [-0.2, 0) is 16.1 Å². The van der Waals surface area contributed by atoms with Gasteiger partial charge in [-0.2, -0.15) is 0 Å². The average Bonchev–Trinajstić information content (AvgIpc) is 2.73. The minimum Gasteiger partial charge on any atom is -0.352 e. The first kappa shape index (κ1) is 22.0. The van der Waals surface area contributed by atoms with Gasteiger partial charge in [0.25, 0.3) is 0 Å². The monoisotopic (exact) mass is 398 g/mol. The summed E-state index contributed by atoms with van der Waals surface area (Å²) in [7, 11) is 0. The van der Waals surface area contributed by atoms with Crippen LogP contribution in [-0.4, -0.2) is 34.6 Å². The van der Waals surface area contributed by atoms with Crippen molar-refractivity contribution in [3.8, 4) is 0 Å². The number of thioether (sulfide) groups is 1. The van der Waals surface area contributed by atoms with E-state index in [1.807, 2.05) is 81.4 Å². The number of amides is 2. The molecule has 2 aromatic rings. The largest absolute Gasteiger partial charge is 0.352 e. The number of nitrogens with zero attached hydrogens (tertiary/aromatic N) is 1. The van der Waals surface area contributed by atoms with Gasteiger partial charge in [-0.05, 0) is 37.5 Å². The summed E-state index contributed by atoms with van der Waals surface area (Å²) in [6.07, 6.45) is 1.44. The summed E-state index contributed by atoms with van der Waals surface area (Å²) in [6.45, 7) is 6.41. The zero-order chi connectivity index (χ0) is 20.4. The van der Waals surface area contributed by atoms with E-state index < -0.39 is 6.04 Å². The second-order valence-electron chi connectivity index (χ2n) is 6.85. The summed E-state index contributed by atoms with van der Waals surface area (Å²) >= 11 is 1.50. The van der Waals surface area contributed by atoms with E-state index in [-0.39, 0.29) is 17.9 Å². The molecule has 0 aliphatic carbocycles. The third-order valence-corrected chi connectivity index (χ3v) is 5.68. The Morgan fingerprint density at radius 2 is 1.57 bits per heavy atom. The van der Waals surface area contributed by atoms with Crippen LogP contribution in [0.1, 0.15) is 39.2 Å². The van der Waals surface area contributed by atoms with Gasteiger partial charge >= 0.3 is 0 Å². The van der Waals surface area contributed by atoms with Crippen molar-refractivity contribution in [3.05, 3.63) is 66.2 Å². The van der Waals surface area contributed by atoms with E-state index >= 15 is 0 Å². The van der Waals surface area contributed by atoms with E-state index in [2.05, 4.69) is 5.32 Å². The standard InChI is InChI=1S/C23H30N2O2S/c1-4-18(3)24-23(27)21(5-2)25(16-19-12-8-6-9-13-19)22(26)17-28-20-14-10-7-11-15-20/h6-15,18,21H,4-5,16-17H2,1-3H3,(H,24,27)/t18-,21-/m1/s1. The van der Waals surface area contributed by atoms with Crippen molar-refractivity contribution in [2.45, 2.75) is 57.1 Å². The summed E-state index contributed by atoms with van der Waals surface area (Å²) in [6, 6.07) is 19.3. The molecular weight excluding hydrogens is 368 g/mol. The molecule has 2 amide bonds. The van der Waals surface area contributed by atoms with E-state index in [0.29, 0.717) is 18.7 Å². The summed E-state index contributed by atoms with van der Waals surface area (Å²) < 4.78 is 0. The lowest BCUT2D eigenvalue weighted by Gasteiger charge is -2.31. The van der Waals surface area contributed by atoms with Gasteiger partial charge in [-0.25, -0.2) is 0 Å². The number of rotatable bonds is 10.